The number of methoxy groups -OCH3 is 1. The predicted octanol–water partition coefficient (Wildman–Crippen LogP) is 7.14. The zero-order valence-corrected chi connectivity index (χ0v) is 24.1. The van der Waals surface area contributed by atoms with E-state index in [-0.39, 0.29) is 17.4 Å². The first-order chi connectivity index (χ1) is 19.8. The number of carbonyl (C=O) groups excluding carboxylic acids is 3. The third-order valence-electron chi connectivity index (χ3n) is 5.63. The van der Waals surface area contributed by atoms with E-state index < -0.39 is 11.8 Å². The number of halogens is 2. The molecular weight excluding hydrogens is 581 g/mol. The highest BCUT2D eigenvalue weighted by Gasteiger charge is 2.17. The Balaban J connectivity index is 1.47. The molecule has 0 aromatic heterocycles. The Labute approximate surface area is 251 Å². The molecule has 0 radical (unpaired) electrons. The average Bonchev–Trinajstić information content (AvgIpc) is 2.98. The molecule has 4 aromatic rings. The van der Waals surface area contributed by atoms with Gasteiger partial charge in [-0.2, -0.15) is 0 Å². The van der Waals surface area contributed by atoms with Crippen molar-refractivity contribution in [3.8, 4) is 5.75 Å². The topological polar surface area (TPSA) is 96.5 Å². The van der Waals surface area contributed by atoms with Crippen LogP contribution in [-0.2, 0) is 9.59 Å². The monoisotopic (exact) mass is 605 g/mol. The summed E-state index contributed by atoms with van der Waals surface area (Å²) < 4.78 is 5.18. The number of hydrogen-bond acceptors (Lipinski definition) is 5. The van der Waals surface area contributed by atoms with Crippen molar-refractivity contribution in [1.29, 1.82) is 0 Å². The first-order valence-electron chi connectivity index (χ1n) is 12.3. The van der Waals surface area contributed by atoms with Crippen LogP contribution >= 0.6 is 35.0 Å². The normalized spacial score (nSPS) is 11.0. The second kappa shape index (κ2) is 14.4. The number of thioether (sulfide) groups is 1. The van der Waals surface area contributed by atoms with Gasteiger partial charge in [0.05, 0.1) is 12.9 Å². The Kier molecular flexibility index (Phi) is 10.5. The second-order valence-corrected chi connectivity index (χ2v) is 10.4. The largest absolute Gasteiger partial charge is 0.497 e. The standard InChI is InChI=1S/C31H25Cl2N3O4S/c1-40-23-12-5-10-21(16-23)34-29(37)19-41-24-13-6-11-22(17-24)35-31(39)28(18-25-26(32)14-7-15-27(25)33)36-30(38)20-8-3-2-4-9-20/h2-18H,19H2,1H3,(H,34,37)(H,35,39)(H,36,38)/b28-18+. The minimum atomic E-state index is -0.580. The summed E-state index contributed by atoms with van der Waals surface area (Å²) in [5, 5.41) is 8.95. The van der Waals surface area contributed by atoms with Gasteiger partial charge in [0.15, 0.2) is 0 Å². The van der Waals surface area contributed by atoms with E-state index in [2.05, 4.69) is 16.0 Å². The molecule has 4 rings (SSSR count). The van der Waals surface area contributed by atoms with Gasteiger partial charge in [-0.3, -0.25) is 14.4 Å². The van der Waals surface area contributed by atoms with Gasteiger partial charge in [-0.1, -0.05) is 59.6 Å². The van der Waals surface area contributed by atoms with E-state index >= 15 is 0 Å². The van der Waals surface area contributed by atoms with E-state index in [9.17, 15) is 14.4 Å². The molecule has 4 aromatic carbocycles. The van der Waals surface area contributed by atoms with Crippen molar-refractivity contribution in [3.63, 3.8) is 0 Å². The molecule has 0 fully saturated rings. The Morgan fingerprint density at radius 2 is 1.46 bits per heavy atom. The van der Waals surface area contributed by atoms with Gasteiger partial charge in [-0.25, -0.2) is 0 Å². The summed E-state index contributed by atoms with van der Waals surface area (Å²) in [6.07, 6.45) is 1.43. The number of benzene rings is 4. The van der Waals surface area contributed by atoms with Gasteiger partial charge >= 0.3 is 0 Å². The lowest BCUT2D eigenvalue weighted by molar-refractivity contribution is -0.114. The SMILES string of the molecule is COc1cccc(NC(=O)CSc2cccc(NC(=O)/C(=C\c3c(Cl)cccc3Cl)NC(=O)c3ccccc3)c2)c1. The van der Waals surface area contributed by atoms with Crippen LogP contribution in [0.5, 0.6) is 5.75 Å². The second-order valence-electron chi connectivity index (χ2n) is 8.56. The minimum absolute atomic E-state index is 0.0513. The van der Waals surface area contributed by atoms with Crippen molar-refractivity contribution in [2.24, 2.45) is 0 Å². The number of carbonyl (C=O) groups is 3. The maximum absolute atomic E-state index is 13.4. The van der Waals surface area contributed by atoms with Crippen molar-refractivity contribution < 1.29 is 19.1 Å². The lowest BCUT2D eigenvalue weighted by Gasteiger charge is -2.13. The maximum Gasteiger partial charge on any atom is 0.272 e. The van der Waals surface area contributed by atoms with Crippen molar-refractivity contribution in [1.82, 2.24) is 5.32 Å². The van der Waals surface area contributed by atoms with Gasteiger partial charge in [0.25, 0.3) is 11.8 Å². The zero-order chi connectivity index (χ0) is 29.2. The molecule has 0 aliphatic carbocycles. The molecule has 7 nitrogen and oxygen atoms in total. The molecule has 3 N–H and O–H groups in total. The van der Waals surface area contributed by atoms with Crippen LogP contribution in [0.4, 0.5) is 11.4 Å². The third kappa shape index (κ3) is 8.62. The highest BCUT2D eigenvalue weighted by atomic mass is 35.5. The number of hydrogen-bond donors (Lipinski definition) is 3. The molecular formula is C31H25Cl2N3O4S. The van der Waals surface area contributed by atoms with Crippen LogP contribution in [0.1, 0.15) is 15.9 Å². The maximum atomic E-state index is 13.4. The van der Waals surface area contributed by atoms with Crippen molar-refractivity contribution in [2.45, 2.75) is 4.90 Å². The fourth-order valence-electron chi connectivity index (χ4n) is 3.64. The summed E-state index contributed by atoms with van der Waals surface area (Å²) in [7, 11) is 1.56. The molecule has 3 amide bonds. The molecule has 0 unspecified atom stereocenters. The van der Waals surface area contributed by atoms with E-state index in [4.69, 9.17) is 27.9 Å². The first-order valence-corrected chi connectivity index (χ1v) is 14.1. The van der Waals surface area contributed by atoms with Gasteiger partial charge in [-0.15, -0.1) is 11.8 Å². The molecule has 10 heteroatoms. The Bertz CT molecular complexity index is 1580. The van der Waals surface area contributed by atoms with E-state index in [0.717, 1.165) is 4.90 Å². The molecule has 0 saturated heterocycles. The van der Waals surface area contributed by atoms with Crippen LogP contribution in [0.3, 0.4) is 0 Å². The molecule has 0 atom stereocenters. The fraction of sp³-hybridized carbons (Fsp3) is 0.0645. The fourth-order valence-corrected chi connectivity index (χ4v) is 4.91. The van der Waals surface area contributed by atoms with E-state index in [1.54, 1.807) is 98.1 Å². The molecule has 0 heterocycles. The minimum Gasteiger partial charge on any atom is -0.497 e. The van der Waals surface area contributed by atoms with Gasteiger partial charge < -0.3 is 20.7 Å². The molecule has 41 heavy (non-hydrogen) atoms. The van der Waals surface area contributed by atoms with Gasteiger partial charge in [0, 0.05) is 43.5 Å². The highest BCUT2D eigenvalue weighted by molar-refractivity contribution is 8.00. The Hall–Kier alpha value is -4.24. The summed E-state index contributed by atoms with van der Waals surface area (Å²) in [6, 6.07) is 27.6. The number of ether oxygens (including phenoxy) is 1. The number of anilines is 2. The van der Waals surface area contributed by atoms with Crippen molar-refractivity contribution in [3.05, 3.63) is 124 Å². The van der Waals surface area contributed by atoms with Crippen molar-refractivity contribution >= 4 is 70.1 Å². The van der Waals surface area contributed by atoms with Crippen LogP contribution in [0, 0.1) is 0 Å². The summed E-state index contributed by atoms with van der Waals surface area (Å²) in [4.78, 5) is 39.5. The number of rotatable bonds is 10. The summed E-state index contributed by atoms with van der Waals surface area (Å²) in [5.74, 6) is -0.449. The molecule has 0 spiro atoms. The van der Waals surface area contributed by atoms with E-state index in [1.807, 2.05) is 6.07 Å². The first kappa shape index (κ1) is 29.7. The van der Waals surface area contributed by atoms with Crippen LogP contribution in [-0.4, -0.2) is 30.6 Å². The van der Waals surface area contributed by atoms with Gasteiger partial charge in [0.1, 0.15) is 11.4 Å². The van der Waals surface area contributed by atoms with Crippen LogP contribution in [0.2, 0.25) is 10.0 Å². The molecule has 208 valence electrons. The zero-order valence-electron chi connectivity index (χ0n) is 21.8. The van der Waals surface area contributed by atoms with E-state index in [1.165, 1.54) is 17.8 Å². The van der Waals surface area contributed by atoms with E-state index in [0.29, 0.717) is 38.3 Å². The number of nitrogens with one attached hydrogen (secondary N) is 3. The molecule has 0 bridgehead atoms. The highest BCUT2D eigenvalue weighted by Crippen LogP contribution is 2.27. The number of amides is 3. The molecule has 0 aliphatic rings. The summed E-state index contributed by atoms with van der Waals surface area (Å²) in [5.41, 5.74) is 1.82. The van der Waals surface area contributed by atoms with Gasteiger partial charge in [-0.05, 0) is 60.7 Å². The molecule has 0 saturated carbocycles. The predicted molar refractivity (Wildman–Crippen MR) is 166 cm³/mol. The average molecular weight is 607 g/mol. The van der Waals surface area contributed by atoms with Crippen LogP contribution in [0.15, 0.2) is 108 Å². The van der Waals surface area contributed by atoms with Gasteiger partial charge in [0.2, 0.25) is 5.91 Å². The van der Waals surface area contributed by atoms with Crippen LogP contribution < -0.4 is 20.7 Å². The lowest BCUT2D eigenvalue weighted by atomic mass is 10.1. The lowest BCUT2D eigenvalue weighted by Crippen LogP contribution is -2.30. The Morgan fingerprint density at radius 1 is 0.805 bits per heavy atom. The third-order valence-corrected chi connectivity index (χ3v) is 7.29. The summed E-state index contributed by atoms with van der Waals surface area (Å²) in [6.45, 7) is 0. The quantitative estimate of drug-likeness (QED) is 0.132. The Morgan fingerprint density at radius 3 is 2.17 bits per heavy atom. The van der Waals surface area contributed by atoms with Crippen LogP contribution in [0.25, 0.3) is 6.08 Å². The smallest absolute Gasteiger partial charge is 0.272 e. The summed E-state index contributed by atoms with van der Waals surface area (Å²) >= 11 is 14.0. The van der Waals surface area contributed by atoms with Crippen molar-refractivity contribution in [2.75, 3.05) is 23.5 Å². The molecule has 0 aliphatic heterocycles.